The summed E-state index contributed by atoms with van der Waals surface area (Å²) in [5.74, 6) is -0.880. The van der Waals surface area contributed by atoms with E-state index in [4.69, 9.17) is 0 Å². The Morgan fingerprint density at radius 1 is 1.17 bits per heavy atom. The van der Waals surface area contributed by atoms with Gasteiger partial charge in [-0.3, -0.25) is 4.79 Å². The number of piperidine rings is 1. The summed E-state index contributed by atoms with van der Waals surface area (Å²) in [6.07, 6.45) is 2.73. The van der Waals surface area contributed by atoms with E-state index in [0.29, 0.717) is 21.6 Å². The molecule has 158 valence electrons. The summed E-state index contributed by atoms with van der Waals surface area (Å²) in [4.78, 5) is 17.3. The van der Waals surface area contributed by atoms with Crippen molar-refractivity contribution >= 4 is 37.5 Å². The molecule has 0 bridgehead atoms. The van der Waals surface area contributed by atoms with Crippen LogP contribution in [0.2, 0.25) is 0 Å². The summed E-state index contributed by atoms with van der Waals surface area (Å²) in [6, 6.07) is 10.6. The predicted molar refractivity (Wildman–Crippen MR) is 114 cm³/mol. The first kappa shape index (κ1) is 20.9. The van der Waals surface area contributed by atoms with Gasteiger partial charge in [0.05, 0.1) is 15.1 Å². The first-order valence-corrected chi connectivity index (χ1v) is 12.0. The Bertz CT molecular complexity index is 1280. The third-order valence-electron chi connectivity index (χ3n) is 5.42. The molecule has 1 aliphatic rings. The van der Waals surface area contributed by atoms with E-state index in [1.165, 1.54) is 46.0 Å². The number of fused-ring (bicyclic) bond motifs is 1. The smallest absolute Gasteiger partial charge is 0.279 e. The number of benzene rings is 2. The number of carbonyl (C=O) groups is 1. The Kier molecular flexibility index (Phi) is 5.61. The zero-order valence-electron chi connectivity index (χ0n) is 16.7. The highest BCUT2D eigenvalue weighted by molar-refractivity contribution is 7.89. The van der Waals surface area contributed by atoms with Gasteiger partial charge in [0.25, 0.3) is 5.91 Å². The van der Waals surface area contributed by atoms with Gasteiger partial charge in [-0.1, -0.05) is 23.8 Å². The van der Waals surface area contributed by atoms with Gasteiger partial charge in [-0.25, -0.2) is 12.8 Å². The summed E-state index contributed by atoms with van der Waals surface area (Å²) in [6.45, 7) is 2.43. The molecule has 0 N–H and O–H groups in total. The van der Waals surface area contributed by atoms with Crippen LogP contribution in [0.15, 0.2) is 52.4 Å². The van der Waals surface area contributed by atoms with Gasteiger partial charge in [0.1, 0.15) is 5.82 Å². The highest BCUT2D eigenvalue weighted by atomic mass is 32.2. The molecule has 1 saturated heterocycles. The zero-order chi connectivity index (χ0) is 21.5. The third kappa shape index (κ3) is 3.73. The van der Waals surface area contributed by atoms with E-state index in [0.717, 1.165) is 19.3 Å². The lowest BCUT2D eigenvalue weighted by atomic mass is 10.1. The Morgan fingerprint density at radius 3 is 2.57 bits per heavy atom. The molecule has 1 aliphatic heterocycles. The number of sulfonamides is 1. The van der Waals surface area contributed by atoms with Crippen LogP contribution in [0.4, 0.5) is 4.39 Å². The second kappa shape index (κ2) is 8.05. The van der Waals surface area contributed by atoms with Crippen LogP contribution in [0.5, 0.6) is 0 Å². The number of amides is 1. The van der Waals surface area contributed by atoms with Gasteiger partial charge in [0, 0.05) is 25.2 Å². The third-order valence-corrected chi connectivity index (χ3v) is 8.55. The number of rotatable bonds is 3. The van der Waals surface area contributed by atoms with Crippen molar-refractivity contribution in [1.29, 1.82) is 0 Å². The lowest BCUT2D eigenvalue weighted by Crippen LogP contribution is -2.41. The topological polar surface area (TPSA) is 71.7 Å². The number of thiazole rings is 1. The monoisotopic (exact) mass is 447 g/mol. The minimum absolute atomic E-state index is 0.0339. The minimum atomic E-state index is -3.59. The van der Waals surface area contributed by atoms with E-state index in [2.05, 4.69) is 4.99 Å². The Labute approximate surface area is 178 Å². The van der Waals surface area contributed by atoms with Crippen molar-refractivity contribution in [2.24, 2.45) is 12.0 Å². The summed E-state index contributed by atoms with van der Waals surface area (Å²) >= 11 is 1.22. The van der Waals surface area contributed by atoms with Crippen LogP contribution in [-0.4, -0.2) is 35.8 Å². The van der Waals surface area contributed by atoms with Crippen molar-refractivity contribution < 1.29 is 17.6 Å². The molecule has 1 aromatic heterocycles. The quantitative estimate of drug-likeness (QED) is 0.615. The first-order valence-electron chi connectivity index (χ1n) is 9.74. The normalized spacial score (nSPS) is 18.8. The molecule has 6 nitrogen and oxygen atoms in total. The number of hydrogen-bond acceptors (Lipinski definition) is 4. The number of carbonyl (C=O) groups excluding carboxylic acids is 1. The van der Waals surface area contributed by atoms with Crippen molar-refractivity contribution in [2.45, 2.75) is 37.1 Å². The molecule has 1 atom stereocenters. The Morgan fingerprint density at radius 2 is 1.90 bits per heavy atom. The molecule has 30 heavy (non-hydrogen) atoms. The van der Waals surface area contributed by atoms with E-state index >= 15 is 0 Å². The van der Waals surface area contributed by atoms with Crippen molar-refractivity contribution in [3.8, 4) is 0 Å². The van der Waals surface area contributed by atoms with Gasteiger partial charge in [-0.2, -0.15) is 9.30 Å². The van der Waals surface area contributed by atoms with Gasteiger partial charge < -0.3 is 4.57 Å². The van der Waals surface area contributed by atoms with E-state index in [9.17, 15) is 17.6 Å². The van der Waals surface area contributed by atoms with E-state index in [1.54, 1.807) is 23.7 Å². The average Bonchev–Trinajstić information content (AvgIpc) is 3.05. The van der Waals surface area contributed by atoms with Crippen LogP contribution in [0, 0.1) is 5.82 Å². The fourth-order valence-electron chi connectivity index (χ4n) is 3.75. The van der Waals surface area contributed by atoms with Gasteiger partial charge in [-0.15, -0.1) is 0 Å². The van der Waals surface area contributed by atoms with E-state index in [-0.39, 0.29) is 22.3 Å². The standard InChI is InChI=1S/C21H22FN3O3S2/c1-14-6-3-4-13-25(14)30(27,28)16-11-9-15(10-12-16)20(26)23-21-24(2)19-17(22)7-5-8-18(19)29-21/h5,7-12,14H,3-4,6,13H2,1-2H3. The first-order chi connectivity index (χ1) is 14.3. The molecule has 1 unspecified atom stereocenters. The SMILES string of the molecule is CC1CCCCN1S(=O)(=O)c1ccc(C(=O)N=c2sc3cccc(F)c3n2C)cc1. The molecule has 3 aromatic rings. The number of para-hydroxylation sites is 1. The van der Waals surface area contributed by atoms with Gasteiger partial charge >= 0.3 is 0 Å². The number of nitrogens with zero attached hydrogens (tertiary/aromatic N) is 3. The maximum absolute atomic E-state index is 14.1. The second-order valence-corrected chi connectivity index (χ2v) is 10.3. The van der Waals surface area contributed by atoms with Crippen molar-refractivity contribution in [2.75, 3.05) is 6.54 Å². The van der Waals surface area contributed by atoms with Crippen LogP contribution in [0.3, 0.4) is 0 Å². The highest BCUT2D eigenvalue weighted by Crippen LogP contribution is 2.25. The number of hydrogen-bond donors (Lipinski definition) is 0. The molecular weight excluding hydrogens is 425 g/mol. The summed E-state index contributed by atoms with van der Waals surface area (Å²) in [5.41, 5.74) is 0.671. The van der Waals surface area contributed by atoms with Gasteiger partial charge in [0.2, 0.25) is 10.0 Å². The van der Waals surface area contributed by atoms with Crippen molar-refractivity contribution in [3.05, 3.63) is 58.6 Å². The van der Waals surface area contributed by atoms with Crippen LogP contribution < -0.4 is 4.80 Å². The number of aryl methyl sites for hydroxylation is 1. The van der Waals surface area contributed by atoms with Crippen LogP contribution in [-0.2, 0) is 17.1 Å². The van der Waals surface area contributed by atoms with E-state index < -0.39 is 15.9 Å². The van der Waals surface area contributed by atoms with E-state index in [1.807, 2.05) is 6.92 Å². The van der Waals surface area contributed by atoms with Crippen LogP contribution in [0.25, 0.3) is 10.2 Å². The molecule has 2 heterocycles. The molecule has 4 rings (SSSR count). The molecule has 9 heteroatoms. The number of halogens is 1. The average molecular weight is 448 g/mol. The Hall–Kier alpha value is -2.36. The molecule has 2 aromatic carbocycles. The van der Waals surface area contributed by atoms with Gasteiger partial charge in [-0.05, 0) is 56.2 Å². The number of aromatic nitrogens is 1. The molecule has 0 aliphatic carbocycles. The molecule has 1 amide bonds. The van der Waals surface area contributed by atoms with Gasteiger partial charge in [0.15, 0.2) is 4.80 Å². The van der Waals surface area contributed by atoms with Crippen LogP contribution in [0.1, 0.15) is 36.5 Å². The summed E-state index contributed by atoms with van der Waals surface area (Å²) in [5, 5.41) is 0. The van der Waals surface area contributed by atoms with Crippen LogP contribution >= 0.6 is 11.3 Å². The van der Waals surface area contributed by atoms with Crippen molar-refractivity contribution in [3.63, 3.8) is 0 Å². The minimum Gasteiger partial charge on any atom is -0.317 e. The summed E-state index contributed by atoms with van der Waals surface area (Å²) in [7, 11) is -1.94. The molecule has 1 fully saturated rings. The zero-order valence-corrected chi connectivity index (χ0v) is 18.3. The molecule has 0 spiro atoms. The maximum Gasteiger partial charge on any atom is 0.279 e. The Balaban J connectivity index is 1.63. The largest absolute Gasteiger partial charge is 0.317 e. The lowest BCUT2D eigenvalue weighted by molar-refractivity contribution is 0.0998. The lowest BCUT2D eigenvalue weighted by Gasteiger charge is -2.32. The fourth-order valence-corrected chi connectivity index (χ4v) is 6.48. The predicted octanol–water partition coefficient (Wildman–Crippen LogP) is 3.68. The summed E-state index contributed by atoms with van der Waals surface area (Å²) < 4.78 is 43.7. The molecular formula is C21H22FN3O3S2. The highest BCUT2D eigenvalue weighted by Gasteiger charge is 2.30. The fraction of sp³-hybridized carbons (Fsp3) is 0.333. The molecule has 0 saturated carbocycles. The molecule has 0 radical (unpaired) electrons. The van der Waals surface area contributed by atoms with Crippen molar-refractivity contribution in [1.82, 2.24) is 8.87 Å². The maximum atomic E-state index is 14.1. The second-order valence-electron chi connectivity index (χ2n) is 7.43.